The topological polar surface area (TPSA) is 37.3 Å². The van der Waals surface area contributed by atoms with Gasteiger partial charge in [-0.25, -0.2) is 8.78 Å². The molecule has 0 fully saturated rings. The summed E-state index contributed by atoms with van der Waals surface area (Å²) >= 11 is 0. The first-order valence-corrected chi connectivity index (χ1v) is 5.07. The summed E-state index contributed by atoms with van der Waals surface area (Å²) in [4.78, 5) is 10.3. The van der Waals surface area contributed by atoms with Gasteiger partial charge in [0.1, 0.15) is 0 Å². The van der Waals surface area contributed by atoms with E-state index < -0.39 is 24.7 Å². The third-order valence-electron chi connectivity index (χ3n) is 2.22. The van der Waals surface area contributed by atoms with Crippen LogP contribution >= 0.6 is 0 Å². The maximum atomic E-state index is 12.3. The predicted molar refractivity (Wildman–Crippen MR) is 50.5 cm³/mol. The Morgan fingerprint density at radius 3 is 2.36 bits per heavy atom. The Kier molecular flexibility index (Phi) is 7.34. The van der Waals surface area contributed by atoms with Gasteiger partial charge in [0.15, 0.2) is 0 Å². The molecule has 0 aromatic heterocycles. The molecule has 0 spiro atoms. The zero-order valence-corrected chi connectivity index (χ0v) is 8.51. The molecule has 14 heavy (non-hydrogen) atoms. The van der Waals surface area contributed by atoms with Gasteiger partial charge < -0.3 is 5.11 Å². The van der Waals surface area contributed by atoms with Crippen LogP contribution in [0.25, 0.3) is 0 Å². The van der Waals surface area contributed by atoms with E-state index in [1.807, 2.05) is 6.92 Å². The number of carboxylic acid groups (broad SMARTS) is 1. The number of rotatable bonds is 8. The van der Waals surface area contributed by atoms with Crippen molar-refractivity contribution in [3.8, 4) is 0 Å². The van der Waals surface area contributed by atoms with Crippen molar-refractivity contribution in [1.82, 2.24) is 0 Å². The molecule has 0 aliphatic heterocycles. The SMILES string of the molecule is CCCCCC[C@H](CC(=O)O)C(F)F. The van der Waals surface area contributed by atoms with Crippen molar-refractivity contribution in [2.24, 2.45) is 5.92 Å². The maximum Gasteiger partial charge on any atom is 0.303 e. The minimum atomic E-state index is -2.51. The van der Waals surface area contributed by atoms with E-state index >= 15 is 0 Å². The Hall–Kier alpha value is -0.670. The number of unbranched alkanes of at least 4 members (excludes halogenated alkanes) is 3. The fourth-order valence-electron chi connectivity index (χ4n) is 1.37. The third kappa shape index (κ3) is 6.80. The van der Waals surface area contributed by atoms with Crippen molar-refractivity contribution in [1.29, 1.82) is 0 Å². The van der Waals surface area contributed by atoms with Crippen molar-refractivity contribution in [2.75, 3.05) is 0 Å². The Balaban J connectivity index is 3.68. The third-order valence-corrected chi connectivity index (χ3v) is 2.22. The summed E-state index contributed by atoms with van der Waals surface area (Å²) in [5, 5.41) is 8.40. The van der Waals surface area contributed by atoms with E-state index in [4.69, 9.17) is 5.11 Å². The van der Waals surface area contributed by atoms with Gasteiger partial charge in [-0.05, 0) is 6.42 Å². The number of aliphatic carboxylic acids is 1. The quantitative estimate of drug-likeness (QED) is 0.621. The Morgan fingerprint density at radius 1 is 1.29 bits per heavy atom. The van der Waals surface area contributed by atoms with E-state index in [0.717, 1.165) is 19.3 Å². The van der Waals surface area contributed by atoms with E-state index in [0.29, 0.717) is 12.8 Å². The van der Waals surface area contributed by atoms with Crippen molar-refractivity contribution < 1.29 is 18.7 Å². The highest BCUT2D eigenvalue weighted by atomic mass is 19.3. The van der Waals surface area contributed by atoms with Gasteiger partial charge in [-0.15, -0.1) is 0 Å². The fraction of sp³-hybridized carbons (Fsp3) is 0.900. The lowest BCUT2D eigenvalue weighted by Gasteiger charge is -2.12. The number of carbonyl (C=O) groups is 1. The zero-order chi connectivity index (χ0) is 11.0. The van der Waals surface area contributed by atoms with Gasteiger partial charge in [0.2, 0.25) is 6.43 Å². The smallest absolute Gasteiger partial charge is 0.303 e. The second-order valence-electron chi connectivity index (χ2n) is 3.54. The van der Waals surface area contributed by atoms with Gasteiger partial charge in [-0.2, -0.15) is 0 Å². The molecule has 1 N–H and O–H groups in total. The lowest BCUT2D eigenvalue weighted by atomic mass is 9.98. The van der Waals surface area contributed by atoms with Crippen molar-refractivity contribution >= 4 is 5.97 Å². The minimum absolute atomic E-state index is 0.323. The first-order valence-electron chi connectivity index (χ1n) is 5.07. The van der Waals surface area contributed by atoms with E-state index in [-0.39, 0.29) is 0 Å². The molecule has 0 saturated heterocycles. The van der Waals surface area contributed by atoms with Crippen LogP contribution in [0.3, 0.4) is 0 Å². The highest BCUT2D eigenvalue weighted by Crippen LogP contribution is 2.21. The van der Waals surface area contributed by atoms with E-state index in [1.54, 1.807) is 0 Å². The Bertz CT molecular complexity index is 160. The van der Waals surface area contributed by atoms with Crippen molar-refractivity contribution in [3.63, 3.8) is 0 Å². The van der Waals surface area contributed by atoms with E-state index in [1.165, 1.54) is 0 Å². The highest BCUT2D eigenvalue weighted by Gasteiger charge is 2.22. The van der Waals surface area contributed by atoms with Crippen LogP contribution in [-0.4, -0.2) is 17.5 Å². The summed E-state index contributed by atoms with van der Waals surface area (Å²) < 4.78 is 24.6. The lowest BCUT2D eigenvalue weighted by Crippen LogP contribution is -2.15. The average Bonchev–Trinajstić information content (AvgIpc) is 2.09. The van der Waals surface area contributed by atoms with Crippen LogP contribution in [0.5, 0.6) is 0 Å². The summed E-state index contributed by atoms with van der Waals surface area (Å²) in [6.45, 7) is 2.04. The number of hydrogen-bond donors (Lipinski definition) is 1. The Labute approximate surface area is 83.3 Å². The van der Waals surface area contributed by atoms with Gasteiger partial charge >= 0.3 is 5.97 Å². The van der Waals surface area contributed by atoms with Crippen LogP contribution in [0.2, 0.25) is 0 Å². The van der Waals surface area contributed by atoms with Gasteiger partial charge in [0.05, 0.1) is 6.42 Å². The van der Waals surface area contributed by atoms with Crippen molar-refractivity contribution in [3.05, 3.63) is 0 Å². The van der Waals surface area contributed by atoms with Gasteiger partial charge in [-0.3, -0.25) is 4.79 Å². The molecule has 0 heterocycles. The average molecular weight is 208 g/mol. The second kappa shape index (κ2) is 7.71. The molecule has 0 bridgehead atoms. The molecule has 0 amide bonds. The van der Waals surface area contributed by atoms with Crippen LogP contribution in [-0.2, 0) is 4.79 Å². The number of hydrogen-bond acceptors (Lipinski definition) is 1. The van der Waals surface area contributed by atoms with Crippen LogP contribution in [0, 0.1) is 5.92 Å². The first-order chi connectivity index (χ1) is 6.57. The monoisotopic (exact) mass is 208 g/mol. The van der Waals surface area contributed by atoms with Gasteiger partial charge in [0.25, 0.3) is 0 Å². The molecule has 0 aliphatic carbocycles. The van der Waals surface area contributed by atoms with Gasteiger partial charge in [0, 0.05) is 5.92 Å². The zero-order valence-electron chi connectivity index (χ0n) is 8.51. The second-order valence-corrected chi connectivity index (χ2v) is 3.54. The van der Waals surface area contributed by atoms with Crippen molar-refractivity contribution in [2.45, 2.75) is 51.9 Å². The summed E-state index contributed by atoms with van der Waals surface area (Å²) in [6.07, 6.45) is 1.11. The summed E-state index contributed by atoms with van der Waals surface area (Å²) in [7, 11) is 0. The van der Waals surface area contributed by atoms with Gasteiger partial charge in [-0.1, -0.05) is 32.6 Å². The molecule has 84 valence electrons. The Morgan fingerprint density at radius 2 is 1.93 bits per heavy atom. The molecule has 4 heteroatoms. The standard InChI is InChI=1S/C10H18F2O2/c1-2-3-4-5-6-8(10(11)12)7-9(13)14/h8,10H,2-7H2,1H3,(H,13,14)/t8-/m1/s1. The minimum Gasteiger partial charge on any atom is -0.481 e. The molecule has 0 radical (unpaired) electrons. The van der Waals surface area contributed by atoms with Crippen LogP contribution in [0.1, 0.15) is 45.4 Å². The van der Waals surface area contributed by atoms with E-state index in [2.05, 4.69) is 0 Å². The van der Waals surface area contributed by atoms with Crippen LogP contribution in [0.15, 0.2) is 0 Å². The number of alkyl halides is 2. The summed E-state index contributed by atoms with van der Waals surface area (Å²) in [6, 6.07) is 0. The first kappa shape index (κ1) is 13.3. The summed E-state index contributed by atoms with van der Waals surface area (Å²) in [5.41, 5.74) is 0. The largest absolute Gasteiger partial charge is 0.481 e. The molecular weight excluding hydrogens is 190 g/mol. The molecule has 0 aliphatic rings. The van der Waals surface area contributed by atoms with Crippen LogP contribution < -0.4 is 0 Å². The molecule has 1 atom stereocenters. The molecule has 0 rings (SSSR count). The van der Waals surface area contributed by atoms with E-state index in [9.17, 15) is 13.6 Å². The lowest BCUT2D eigenvalue weighted by molar-refractivity contribution is -0.139. The number of halogens is 2. The molecule has 0 aromatic rings. The summed E-state index contributed by atoms with van der Waals surface area (Å²) in [5.74, 6) is -2.10. The predicted octanol–water partition coefficient (Wildman–Crippen LogP) is 3.31. The normalized spacial score (nSPS) is 13.1. The molecular formula is C10H18F2O2. The van der Waals surface area contributed by atoms with Crippen LogP contribution in [0.4, 0.5) is 8.78 Å². The number of carboxylic acids is 1. The molecule has 2 nitrogen and oxygen atoms in total. The molecule has 0 saturated carbocycles. The maximum absolute atomic E-state index is 12.3. The highest BCUT2D eigenvalue weighted by molar-refractivity contribution is 5.67. The fourth-order valence-corrected chi connectivity index (χ4v) is 1.37. The molecule has 0 unspecified atom stereocenters. The molecule has 0 aromatic carbocycles.